The van der Waals surface area contributed by atoms with Gasteiger partial charge in [0.1, 0.15) is 0 Å². The summed E-state index contributed by atoms with van der Waals surface area (Å²) in [7, 11) is 3.08. The number of carbonyl (C=O) groups is 1. The number of nitrogens with zero attached hydrogens (tertiary/aromatic N) is 1. The molecule has 7 heteroatoms. The van der Waals surface area contributed by atoms with Crippen molar-refractivity contribution in [2.24, 2.45) is 5.10 Å². The highest BCUT2D eigenvalue weighted by Gasteiger charge is 2.07. The van der Waals surface area contributed by atoms with Crippen LogP contribution in [0.5, 0.6) is 11.5 Å². The maximum Gasteiger partial charge on any atom is 0.169 e. The molecule has 0 aromatic heterocycles. The molecule has 1 N–H and O–H groups in total. The number of anilines is 1. The van der Waals surface area contributed by atoms with Crippen LogP contribution in [0.25, 0.3) is 0 Å². The van der Waals surface area contributed by atoms with Crippen LogP contribution in [0.3, 0.4) is 0 Å². The second-order valence-corrected chi connectivity index (χ2v) is 4.84. The summed E-state index contributed by atoms with van der Waals surface area (Å²) in [5, 5.41) is 15.1. The Hall–Kier alpha value is -2.73. The van der Waals surface area contributed by atoms with Gasteiger partial charge in [-0.25, -0.2) is 0 Å². The second kappa shape index (κ2) is 7.51. The molecule has 2 aromatic rings. The van der Waals surface area contributed by atoms with Gasteiger partial charge in [-0.05, 0) is 30.3 Å². The SMILES string of the molecule is COc1cccc(/C=N\Nc2ccc(Cl)c(C(=O)[O-])c2)c1OC. The predicted molar refractivity (Wildman–Crippen MR) is 86.5 cm³/mol. The molecule has 0 spiro atoms. The molecule has 0 aliphatic heterocycles. The van der Waals surface area contributed by atoms with Crippen LogP contribution in [-0.2, 0) is 0 Å². The van der Waals surface area contributed by atoms with E-state index in [0.717, 1.165) is 0 Å². The van der Waals surface area contributed by atoms with Gasteiger partial charge in [0.15, 0.2) is 11.5 Å². The smallest absolute Gasteiger partial charge is 0.169 e. The Kier molecular flexibility index (Phi) is 5.43. The zero-order chi connectivity index (χ0) is 16.8. The van der Waals surface area contributed by atoms with Crippen molar-refractivity contribution in [1.82, 2.24) is 0 Å². The molecule has 6 nitrogen and oxygen atoms in total. The monoisotopic (exact) mass is 333 g/mol. The molecule has 0 aliphatic rings. The van der Waals surface area contributed by atoms with Crippen molar-refractivity contribution in [1.29, 1.82) is 0 Å². The maximum absolute atomic E-state index is 10.9. The quantitative estimate of drug-likeness (QED) is 0.647. The molecule has 0 radical (unpaired) electrons. The average Bonchev–Trinajstić information content (AvgIpc) is 2.55. The number of hydrazone groups is 1. The normalized spacial score (nSPS) is 10.6. The molecule has 0 saturated heterocycles. The van der Waals surface area contributed by atoms with Gasteiger partial charge >= 0.3 is 0 Å². The van der Waals surface area contributed by atoms with E-state index >= 15 is 0 Å². The van der Waals surface area contributed by atoms with E-state index in [2.05, 4.69) is 10.5 Å². The van der Waals surface area contributed by atoms with Crippen molar-refractivity contribution in [2.45, 2.75) is 0 Å². The third kappa shape index (κ3) is 3.92. The summed E-state index contributed by atoms with van der Waals surface area (Å²) in [6.07, 6.45) is 1.54. The minimum Gasteiger partial charge on any atom is -0.545 e. The number of aromatic carboxylic acids is 1. The number of methoxy groups -OCH3 is 2. The molecule has 0 aliphatic carbocycles. The lowest BCUT2D eigenvalue weighted by atomic mass is 10.2. The lowest BCUT2D eigenvalue weighted by Crippen LogP contribution is -2.22. The van der Waals surface area contributed by atoms with E-state index in [1.165, 1.54) is 25.5 Å². The molecule has 0 amide bonds. The summed E-state index contributed by atoms with van der Waals surface area (Å²) in [5.41, 5.74) is 3.79. The van der Waals surface area contributed by atoms with Crippen molar-refractivity contribution in [3.8, 4) is 11.5 Å². The molecule has 23 heavy (non-hydrogen) atoms. The molecule has 0 fully saturated rings. The van der Waals surface area contributed by atoms with Gasteiger partial charge in [-0.1, -0.05) is 17.7 Å². The molecular weight excluding hydrogens is 320 g/mol. The maximum atomic E-state index is 10.9. The number of para-hydroxylation sites is 1. The van der Waals surface area contributed by atoms with E-state index in [0.29, 0.717) is 22.7 Å². The number of nitrogens with one attached hydrogen (secondary N) is 1. The molecule has 2 aromatic carbocycles. The molecule has 0 unspecified atom stereocenters. The first-order chi connectivity index (χ1) is 11.1. The molecule has 2 rings (SSSR count). The molecule has 0 saturated carbocycles. The van der Waals surface area contributed by atoms with E-state index in [1.54, 1.807) is 31.4 Å². The fourth-order valence-corrected chi connectivity index (χ4v) is 2.14. The van der Waals surface area contributed by atoms with Gasteiger partial charge in [0.05, 0.1) is 32.1 Å². The van der Waals surface area contributed by atoms with Gasteiger partial charge in [-0.3, -0.25) is 5.43 Å². The first-order valence-electron chi connectivity index (χ1n) is 6.57. The lowest BCUT2D eigenvalue weighted by molar-refractivity contribution is -0.255. The lowest BCUT2D eigenvalue weighted by Gasteiger charge is -2.10. The molecular formula is C16H14ClN2O4-. The second-order valence-electron chi connectivity index (χ2n) is 4.43. The predicted octanol–water partition coefficient (Wildman–Crippen LogP) is 2.17. The van der Waals surface area contributed by atoms with E-state index < -0.39 is 5.97 Å². The van der Waals surface area contributed by atoms with Crippen LogP contribution in [0, 0.1) is 0 Å². The summed E-state index contributed by atoms with van der Waals surface area (Å²) in [5.74, 6) is -0.216. The largest absolute Gasteiger partial charge is 0.545 e. The number of hydrogen-bond acceptors (Lipinski definition) is 6. The van der Waals surface area contributed by atoms with Crippen LogP contribution in [0.4, 0.5) is 5.69 Å². The van der Waals surface area contributed by atoms with Crippen molar-refractivity contribution < 1.29 is 19.4 Å². The Balaban J connectivity index is 2.20. The van der Waals surface area contributed by atoms with Gasteiger partial charge < -0.3 is 19.4 Å². The van der Waals surface area contributed by atoms with Gasteiger partial charge in [-0.15, -0.1) is 0 Å². The standard InChI is InChI=1S/C16H15ClN2O4/c1-22-14-5-3-4-10(15(14)23-2)9-18-19-11-6-7-13(17)12(8-11)16(20)21/h3-9,19H,1-2H3,(H,20,21)/p-1/b18-9-. The Morgan fingerprint density at radius 2 is 2.04 bits per heavy atom. The van der Waals surface area contributed by atoms with Gasteiger partial charge in [0.2, 0.25) is 0 Å². The first kappa shape index (κ1) is 16.6. The Morgan fingerprint density at radius 1 is 1.26 bits per heavy atom. The average molecular weight is 334 g/mol. The Morgan fingerprint density at radius 3 is 2.70 bits per heavy atom. The van der Waals surface area contributed by atoms with Gasteiger partial charge in [0.25, 0.3) is 0 Å². The highest BCUT2D eigenvalue weighted by molar-refractivity contribution is 6.33. The summed E-state index contributed by atoms with van der Waals surface area (Å²) in [6, 6.07) is 9.79. The van der Waals surface area contributed by atoms with Crippen LogP contribution in [-0.4, -0.2) is 26.4 Å². The van der Waals surface area contributed by atoms with Crippen LogP contribution < -0.4 is 20.0 Å². The number of halogens is 1. The van der Waals surface area contributed by atoms with Crippen molar-refractivity contribution in [3.05, 3.63) is 52.5 Å². The third-order valence-electron chi connectivity index (χ3n) is 3.02. The summed E-state index contributed by atoms with van der Waals surface area (Å²) in [4.78, 5) is 10.9. The van der Waals surface area contributed by atoms with Crippen LogP contribution >= 0.6 is 11.6 Å². The fourth-order valence-electron chi connectivity index (χ4n) is 1.94. The fraction of sp³-hybridized carbons (Fsp3) is 0.125. The minimum absolute atomic E-state index is 0.106. The molecule has 120 valence electrons. The number of carboxylic acids is 1. The van der Waals surface area contributed by atoms with Crippen LogP contribution in [0.1, 0.15) is 15.9 Å². The van der Waals surface area contributed by atoms with E-state index in [-0.39, 0.29) is 10.6 Å². The van der Waals surface area contributed by atoms with Crippen molar-refractivity contribution in [2.75, 3.05) is 19.6 Å². The van der Waals surface area contributed by atoms with Crippen molar-refractivity contribution >= 4 is 29.5 Å². The number of benzene rings is 2. The number of hydrogen-bond donors (Lipinski definition) is 1. The first-order valence-corrected chi connectivity index (χ1v) is 6.95. The molecule has 0 heterocycles. The summed E-state index contributed by atoms with van der Waals surface area (Å²) < 4.78 is 10.5. The number of rotatable bonds is 6. The molecule has 0 atom stereocenters. The zero-order valence-electron chi connectivity index (χ0n) is 12.5. The number of carboxylic acid groups (broad SMARTS) is 1. The van der Waals surface area contributed by atoms with Gasteiger partial charge in [0, 0.05) is 16.1 Å². The topological polar surface area (TPSA) is 83.0 Å². The minimum atomic E-state index is -1.35. The third-order valence-corrected chi connectivity index (χ3v) is 3.35. The van der Waals surface area contributed by atoms with Gasteiger partial charge in [-0.2, -0.15) is 5.10 Å². The van der Waals surface area contributed by atoms with E-state index in [4.69, 9.17) is 21.1 Å². The zero-order valence-corrected chi connectivity index (χ0v) is 13.3. The number of ether oxygens (including phenoxy) is 2. The Bertz CT molecular complexity index is 747. The van der Waals surface area contributed by atoms with E-state index in [9.17, 15) is 9.90 Å². The van der Waals surface area contributed by atoms with Crippen LogP contribution in [0.15, 0.2) is 41.5 Å². The van der Waals surface area contributed by atoms with E-state index in [1.807, 2.05) is 0 Å². The Labute approximate surface area is 138 Å². The summed E-state index contributed by atoms with van der Waals surface area (Å²) >= 11 is 5.78. The number of carbonyl (C=O) groups excluding carboxylic acids is 1. The van der Waals surface area contributed by atoms with Crippen molar-refractivity contribution in [3.63, 3.8) is 0 Å². The summed E-state index contributed by atoms with van der Waals surface area (Å²) in [6.45, 7) is 0. The molecule has 0 bridgehead atoms. The van der Waals surface area contributed by atoms with Crippen LogP contribution in [0.2, 0.25) is 5.02 Å². The highest BCUT2D eigenvalue weighted by atomic mass is 35.5. The highest BCUT2D eigenvalue weighted by Crippen LogP contribution is 2.29.